The molecule has 0 aliphatic carbocycles. The first kappa shape index (κ1) is 23.5. The number of amides is 2. The Morgan fingerprint density at radius 3 is 1.90 bits per heavy atom. The Bertz CT molecular complexity index is 776. The van der Waals surface area contributed by atoms with Crippen molar-refractivity contribution >= 4 is 18.2 Å². The molecule has 1 aliphatic rings. The lowest BCUT2D eigenvalue weighted by atomic mass is 10.0. The molecule has 1 atom stereocenters. The van der Waals surface area contributed by atoms with Gasteiger partial charge in [-0.2, -0.15) is 0 Å². The van der Waals surface area contributed by atoms with Gasteiger partial charge in [0.2, 0.25) is 0 Å². The molecular formula is C22H32N2O6. The van der Waals surface area contributed by atoms with Gasteiger partial charge in [-0.1, -0.05) is 12.1 Å². The summed E-state index contributed by atoms with van der Waals surface area (Å²) < 4.78 is 15.8. The number of ether oxygens (including phenoxy) is 3. The number of benzene rings is 1. The zero-order valence-corrected chi connectivity index (χ0v) is 18.9. The number of nitrogens with zero attached hydrogens (tertiary/aromatic N) is 2. The lowest BCUT2D eigenvalue weighted by Crippen LogP contribution is -2.54. The molecule has 1 aromatic rings. The van der Waals surface area contributed by atoms with Crippen molar-refractivity contribution in [3.05, 3.63) is 35.4 Å². The first-order chi connectivity index (χ1) is 13.8. The quantitative estimate of drug-likeness (QED) is 0.531. The second-order valence-corrected chi connectivity index (χ2v) is 9.23. The molecule has 0 N–H and O–H groups in total. The van der Waals surface area contributed by atoms with Gasteiger partial charge in [-0.15, -0.1) is 0 Å². The van der Waals surface area contributed by atoms with Gasteiger partial charge in [0.1, 0.15) is 11.2 Å². The molecular weight excluding hydrogens is 388 g/mol. The first-order valence-corrected chi connectivity index (χ1v) is 9.96. The van der Waals surface area contributed by atoms with Gasteiger partial charge >= 0.3 is 18.2 Å². The third-order valence-electron chi connectivity index (χ3n) is 4.38. The van der Waals surface area contributed by atoms with Gasteiger partial charge in [0, 0.05) is 19.6 Å². The van der Waals surface area contributed by atoms with E-state index in [1.807, 2.05) is 41.5 Å². The van der Waals surface area contributed by atoms with Gasteiger partial charge in [0.05, 0.1) is 18.7 Å². The van der Waals surface area contributed by atoms with Crippen LogP contribution in [0.2, 0.25) is 0 Å². The molecule has 0 spiro atoms. The fourth-order valence-corrected chi connectivity index (χ4v) is 3.06. The number of hydrogen-bond donors (Lipinski definition) is 0. The molecule has 0 saturated carbocycles. The van der Waals surface area contributed by atoms with Crippen molar-refractivity contribution in [1.82, 2.24) is 9.80 Å². The van der Waals surface area contributed by atoms with Gasteiger partial charge in [0.15, 0.2) is 0 Å². The fourth-order valence-electron chi connectivity index (χ4n) is 3.06. The van der Waals surface area contributed by atoms with E-state index in [-0.39, 0.29) is 6.54 Å². The molecule has 166 valence electrons. The van der Waals surface area contributed by atoms with Gasteiger partial charge in [-0.05, 0) is 59.2 Å². The van der Waals surface area contributed by atoms with Crippen LogP contribution < -0.4 is 0 Å². The van der Waals surface area contributed by atoms with Crippen molar-refractivity contribution in [2.24, 2.45) is 0 Å². The number of esters is 1. The first-order valence-electron chi connectivity index (χ1n) is 9.96. The molecule has 30 heavy (non-hydrogen) atoms. The zero-order valence-electron chi connectivity index (χ0n) is 18.9. The molecule has 0 radical (unpaired) electrons. The number of piperazine rings is 1. The van der Waals surface area contributed by atoms with Gasteiger partial charge in [-0.3, -0.25) is 4.90 Å². The molecule has 2 amide bonds. The van der Waals surface area contributed by atoms with Crippen molar-refractivity contribution in [3.63, 3.8) is 0 Å². The average molecular weight is 421 g/mol. The van der Waals surface area contributed by atoms with Crippen LogP contribution in [0, 0.1) is 0 Å². The second kappa shape index (κ2) is 8.93. The van der Waals surface area contributed by atoms with E-state index in [2.05, 4.69) is 0 Å². The van der Waals surface area contributed by atoms with Gasteiger partial charge in [-0.25, -0.2) is 14.4 Å². The Morgan fingerprint density at radius 1 is 0.867 bits per heavy atom. The SMILES string of the molecule is COC(=O)c1ccc(C2CN(C(=O)OC(C)(C)C)CCN2C(=O)OC(C)(C)C)cc1. The third-order valence-corrected chi connectivity index (χ3v) is 4.38. The molecule has 1 saturated heterocycles. The fraction of sp³-hybridized carbons (Fsp3) is 0.591. The number of carbonyl (C=O) groups is 3. The summed E-state index contributed by atoms with van der Waals surface area (Å²) in [4.78, 5) is 40.3. The van der Waals surface area contributed by atoms with Crippen LogP contribution >= 0.6 is 0 Å². The van der Waals surface area contributed by atoms with Crippen molar-refractivity contribution < 1.29 is 28.6 Å². The highest BCUT2D eigenvalue weighted by atomic mass is 16.6. The number of methoxy groups -OCH3 is 1. The van der Waals surface area contributed by atoms with Crippen LogP contribution in [0.4, 0.5) is 9.59 Å². The summed E-state index contributed by atoms with van der Waals surface area (Å²) in [5, 5.41) is 0. The van der Waals surface area contributed by atoms with Crippen LogP contribution in [-0.2, 0) is 14.2 Å². The smallest absolute Gasteiger partial charge is 0.410 e. The van der Waals surface area contributed by atoms with Crippen LogP contribution in [0.5, 0.6) is 0 Å². The van der Waals surface area contributed by atoms with E-state index in [4.69, 9.17) is 14.2 Å². The van der Waals surface area contributed by atoms with Crippen molar-refractivity contribution in [2.75, 3.05) is 26.7 Å². The van der Waals surface area contributed by atoms with Gasteiger partial charge in [0.25, 0.3) is 0 Å². The molecule has 0 aromatic heterocycles. The van der Waals surface area contributed by atoms with E-state index in [0.717, 1.165) is 5.56 Å². The third kappa shape index (κ3) is 6.37. The lowest BCUT2D eigenvalue weighted by molar-refractivity contribution is -0.0152. The molecule has 8 heteroatoms. The maximum absolute atomic E-state index is 12.8. The average Bonchev–Trinajstić information content (AvgIpc) is 2.64. The van der Waals surface area contributed by atoms with E-state index < -0.39 is 35.4 Å². The highest BCUT2D eigenvalue weighted by Gasteiger charge is 2.37. The second-order valence-electron chi connectivity index (χ2n) is 9.23. The minimum Gasteiger partial charge on any atom is -0.465 e. The van der Waals surface area contributed by atoms with E-state index >= 15 is 0 Å². The highest BCUT2D eigenvalue weighted by Crippen LogP contribution is 2.28. The monoisotopic (exact) mass is 420 g/mol. The van der Waals surface area contributed by atoms with E-state index in [1.165, 1.54) is 7.11 Å². The molecule has 2 rings (SSSR count). The van der Waals surface area contributed by atoms with E-state index in [0.29, 0.717) is 18.7 Å². The maximum Gasteiger partial charge on any atom is 0.410 e. The number of rotatable bonds is 2. The Kier molecular flexibility index (Phi) is 7.00. The van der Waals surface area contributed by atoms with Gasteiger partial charge < -0.3 is 19.1 Å². The molecule has 1 unspecified atom stereocenters. The Hall–Kier alpha value is -2.77. The van der Waals surface area contributed by atoms with Crippen LogP contribution in [0.1, 0.15) is 63.5 Å². The van der Waals surface area contributed by atoms with E-state index in [1.54, 1.807) is 34.1 Å². The molecule has 0 bridgehead atoms. The Morgan fingerprint density at radius 2 is 1.40 bits per heavy atom. The van der Waals surface area contributed by atoms with Crippen LogP contribution in [0.3, 0.4) is 0 Å². The molecule has 1 heterocycles. The summed E-state index contributed by atoms with van der Waals surface area (Å²) in [5.41, 5.74) is -0.0675. The lowest BCUT2D eigenvalue weighted by Gasteiger charge is -2.42. The molecule has 1 aromatic carbocycles. The minimum atomic E-state index is -0.640. The minimum absolute atomic E-state index is 0.256. The summed E-state index contributed by atoms with van der Waals surface area (Å²) in [6.45, 7) is 11.8. The van der Waals surface area contributed by atoms with Crippen molar-refractivity contribution in [1.29, 1.82) is 0 Å². The maximum atomic E-state index is 12.8. The predicted molar refractivity (Wildman–Crippen MR) is 111 cm³/mol. The predicted octanol–water partition coefficient (Wildman–Crippen LogP) is 4.00. The van der Waals surface area contributed by atoms with Crippen molar-refractivity contribution in [2.45, 2.75) is 58.8 Å². The van der Waals surface area contributed by atoms with Crippen LogP contribution in [0.25, 0.3) is 0 Å². The summed E-state index contributed by atoms with van der Waals surface area (Å²) in [6, 6.07) is 6.36. The topological polar surface area (TPSA) is 85.4 Å². The van der Waals surface area contributed by atoms with E-state index in [9.17, 15) is 14.4 Å². The zero-order chi connectivity index (χ0) is 22.7. The molecule has 1 aliphatic heterocycles. The summed E-state index contributed by atoms with van der Waals surface area (Å²) in [5.74, 6) is -0.440. The summed E-state index contributed by atoms with van der Waals surface area (Å²) in [6.07, 6.45) is -0.879. The Balaban J connectivity index is 2.29. The van der Waals surface area contributed by atoms with Crippen LogP contribution in [0.15, 0.2) is 24.3 Å². The van der Waals surface area contributed by atoms with Crippen LogP contribution in [-0.4, -0.2) is 65.9 Å². The molecule has 1 fully saturated rings. The number of hydrogen-bond acceptors (Lipinski definition) is 6. The summed E-state index contributed by atoms with van der Waals surface area (Å²) in [7, 11) is 1.32. The standard InChI is InChI=1S/C22H32N2O6/c1-21(2,3)29-19(26)23-12-13-24(20(27)30-22(4,5)6)17(14-23)15-8-10-16(11-9-15)18(25)28-7/h8-11,17H,12-14H2,1-7H3. The summed E-state index contributed by atoms with van der Waals surface area (Å²) >= 11 is 0. The Labute approximate surface area is 178 Å². The normalized spacial score (nSPS) is 17.4. The van der Waals surface area contributed by atoms with Crippen molar-refractivity contribution in [3.8, 4) is 0 Å². The highest BCUT2D eigenvalue weighted by molar-refractivity contribution is 5.89. The largest absolute Gasteiger partial charge is 0.465 e. The molecule has 8 nitrogen and oxygen atoms in total. The number of carbonyl (C=O) groups excluding carboxylic acids is 3.